The predicted octanol–water partition coefficient (Wildman–Crippen LogP) is 2.58. The van der Waals surface area contributed by atoms with Crippen LogP contribution < -0.4 is 15.4 Å². The Hall–Kier alpha value is -2.94. The van der Waals surface area contributed by atoms with Crippen molar-refractivity contribution in [3.05, 3.63) is 40.7 Å². The van der Waals surface area contributed by atoms with Crippen LogP contribution in [-0.2, 0) is 4.74 Å². The van der Waals surface area contributed by atoms with Crippen LogP contribution in [-0.4, -0.2) is 41.8 Å². The van der Waals surface area contributed by atoms with Crippen LogP contribution in [0.5, 0.6) is 5.75 Å². The minimum Gasteiger partial charge on any atom is -0.497 e. The van der Waals surface area contributed by atoms with Gasteiger partial charge in [0.05, 0.1) is 18.6 Å². The summed E-state index contributed by atoms with van der Waals surface area (Å²) < 4.78 is 10.2. The number of nitrogens with zero attached hydrogens (tertiary/aromatic N) is 3. The summed E-state index contributed by atoms with van der Waals surface area (Å²) in [6.07, 6.45) is 1.26. The first-order valence-electron chi connectivity index (χ1n) is 7.21. The van der Waals surface area contributed by atoms with Gasteiger partial charge in [-0.05, 0) is 19.1 Å². The molecule has 1 aromatic heterocycles. The quantitative estimate of drug-likeness (QED) is 0.560. The number of nitro groups is 1. The lowest BCUT2D eigenvalue weighted by Crippen LogP contribution is -2.22. The molecule has 2 rings (SSSR count). The van der Waals surface area contributed by atoms with Crippen molar-refractivity contribution < 1.29 is 14.4 Å². The van der Waals surface area contributed by atoms with Crippen LogP contribution in [0.1, 0.15) is 6.92 Å². The molecule has 0 aliphatic carbocycles. The van der Waals surface area contributed by atoms with Gasteiger partial charge in [-0.2, -0.15) is 0 Å². The molecule has 0 amide bonds. The molecule has 0 aliphatic heterocycles. The van der Waals surface area contributed by atoms with E-state index in [0.717, 1.165) is 0 Å². The van der Waals surface area contributed by atoms with E-state index in [1.54, 1.807) is 38.5 Å². The van der Waals surface area contributed by atoms with Crippen molar-refractivity contribution in [2.45, 2.75) is 13.0 Å². The summed E-state index contributed by atoms with van der Waals surface area (Å²) in [4.78, 5) is 18.9. The number of hydrogen-bond donors (Lipinski definition) is 2. The zero-order chi connectivity index (χ0) is 17.5. The molecule has 0 fully saturated rings. The van der Waals surface area contributed by atoms with Gasteiger partial charge in [-0.25, -0.2) is 9.97 Å². The molecule has 1 aromatic carbocycles. The summed E-state index contributed by atoms with van der Waals surface area (Å²) >= 11 is 0. The highest BCUT2D eigenvalue weighted by Crippen LogP contribution is 2.32. The van der Waals surface area contributed by atoms with Gasteiger partial charge in [-0.1, -0.05) is 6.07 Å². The minimum atomic E-state index is -0.523. The number of anilines is 3. The molecule has 0 saturated heterocycles. The highest BCUT2D eigenvalue weighted by molar-refractivity contribution is 5.74. The Morgan fingerprint density at radius 2 is 2.04 bits per heavy atom. The van der Waals surface area contributed by atoms with Gasteiger partial charge < -0.3 is 20.1 Å². The second-order valence-corrected chi connectivity index (χ2v) is 5.03. The SMILES string of the molecule is COCC(C)Nc1ncnc(Nc2cccc(OC)c2)c1[N+](=O)[O-]. The summed E-state index contributed by atoms with van der Waals surface area (Å²) in [6.45, 7) is 2.23. The Morgan fingerprint density at radius 1 is 1.29 bits per heavy atom. The fourth-order valence-electron chi connectivity index (χ4n) is 2.11. The Balaban J connectivity index is 2.33. The molecule has 0 saturated carbocycles. The fraction of sp³-hybridized carbons (Fsp3) is 0.333. The predicted molar refractivity (Wildman–Crippen MR) is 89.9 cm³/mol. The first-order valence-corrected chi connectivity index (χ1v) is 7.21. The van der Waals surface area contributed by atoms with Crippen molar-refractivity contribution in [2.24, 2.45) is 0 Å². The molecule has 24 heavy (non-hydrogen) atoms. The average Bonchev–Trinajstić information content (AvgIpc) is 2.55. The van der Waals surface area contributed by atoms with E-state index in [0.29, 0.717) is 18.0 Å². The Bertz CT molecular complexity index is 710. The lowest BCUT2D eigenvalue weighted by molar-refractivity contribution is -0.383. The van der Waals surface area contributed by atoms with Crippen molar-refractivity contribution in [3.8, 4) is 5.75 Å². The van der Waals surface area contributed by atoms with E-state index in [9.17, 15) is 10.1 Å². The molecule has 9 heteroatoms. The van der Waals surface area contributed by atoms with Gasteiger partial charge in [0.2, 0.25) is 11.6 Å². The molecule has 9 nitrogen and oxygen atoms in total. The monoisotopic (exact) mass is 333 g/mol. The zero-order valence-corrected chi connectivity index (χ0v) is 13.6. The van der Waals surface area contributed by atoms with Gasteiger partial charge >= 0.3 is 5.69 Å². The first-order chi connectivity index (χ1) is 11.5. The standard InChI is InChI=1S/C15H19N5O4/c1-10(8-23-2)18-14-13(20(21)22)15(17-9-16-14)19-11-5-4-6-12(7-11)24-3/h4-7,9-10H,8H2,1-3H3,(H2,16,17,18,19). The van der Waals surface area contributed by atoms with Crippen molar-refractivity contribution in [2.75, 3.05) is 31.5 Å². The average molecular weight is 333 g/mol. The Kier molecular flexibility index (Phi) is 5.85. The van der Waals surface area contributed by atoms with Crippen LogP contribution in [0.2, 0.25) is 0 Å². The summed E-state index contributed by atoms with van der Waals surface area (Å²) in [5, 5.41) is 17.4. The second kappa shape index (κ2) is 8.06. The summed E-state index contributed by atoms with van der Waals surface area (Å²) in [7, 11) is 3.10. The molecule has 0 spiro atoms. The van der Waals surface area contributed by atoms with E-state index in [1.165, 1.54) is 6.33 Å². The summed E-state index contributed by atoms with van der Waals surface area (Å²) in [6, 6.07) is 6.88. The highest BCUT2D eigenvalue weighted by Gasteiger charge is 2.24. The number of hydrogen-bond acceptors (Lipinski definition) is 8. The van der Waals surface area contributed by atoms with Crippen LogP contribution in [0.3, 0.4) is 0 Å². The van der Waals surface area contributed by atoms with Crippen LogP contribution >= 0.6 is 0 Å². The number of aromatic nitrogens is 2. The maximum atomic E-state index is 11.5. The highest BCUT2D eigenvalue weighted by atomic mass is 16.6. The number of benzene rings is 1. The van der Waals surface area contributed by atoms with E-state index >= 15 is 0 Å². The fourth-order valence-corrected chi connectivity index (χ4v) is 2.11. The van der Waals surface area contributed by atoms with Crippen LogP contribution in [0, 0.1) is 10.1 Å². The van der Waals surface area contributed by atoms with E-state index < -0.39 is 4.92 Å². The van der Waals surface area contributed by atoms with Gasteiger partial charge in [0.15, 0.2) is 0 Å². The molecule has 2 aromatic rings. The number of ether oxygens (including phenoxy) is 2. The van der Waals surface area contributed by atoms with E-state index in [4.69, 9.17) is 9.47 Å². The molecule has 2 N–H and O–H groups in total. The molecular formula is C15H19N5O4. The molecule has 128 valence electrons. The maximum absolute atomic E-state index is 11.5. The van der Waals surface area contributed by atoms with E-state index in [-0.39, 0.29) is 23.4 Å². The lowest BCUT2D eigenvalue weighted by Gasteiger charge is -2.14. The molecule has 1 heterocycles. The van der Waals surface area contributed by atoms with Crippen molar-refractivity contribution in [1.82, 2.24) is 9.97 Å². The molecule has 1 atom stereocenters. The molecular weight excluding hydrogens is 314 g/mol. The van der Waals surface area contributed by atoms with E-state index in [2.05, 4.69) is 20.6 Å². The molecule has 1 unspecified atom stereocenters. The van der Waals surface area contributed by atoms with Crippen molar-refractivity contribution in [3.63, 3.8) is 0 Å². The third-order valence-corrected chi connectivity index (χ3v) is 3.14. The molecule has 0 radical (unpaired) electrons. The van der Waals surface area contributed by atoms with Gasteiger partial charge in [0.25, 0.3) is 0 Å². The Morgan fingerprint density at radius 3 is 2.71 bits per heavy atom. The smallest absolute Gasteiger partial charge is 0.353 e. The van der Waals surface area contributed by atoms with Gasteiger partial charge in [0.1, 0.15) is 12.1 Å². The third kappa shape index (κ3) is 4.29. The topological polar surface area (TPSA) is 111 Å². The maximum Gasteiger partial charge on any atom is 0.353 e. The summed E-state index contributed by atoms with van der Waals surface area (Å²) in [5.74, 6) is 0.851. The Labute approximate surface area is 139 Å². The number of methoxy groups -OCH3 is 2. The minimum absolute atomic E-state index is 0.0929. The lowest BCUT2D eigenvalue weighted by atomic mass is 10.3. The van der Waals surface area contributed by atoms with Gasteiger partial charge in [-0.3, -0.25) is 10.1 Å². The van der Waals surface area contributed by atoms with Crippen LogP contribution in [0.15, 0.2) is 30.6 Å². The third-order valence-electron chi connectivity index (χ3n) is 3.14. The number of rotatable bonds is 8. The molecule has 0 bridgehead atoms. The van der Waals surface area contributed by atoms with E-state index in [1.807, 2.05) is 6.92 Å². The molecule has 0 aliphatic rings. The second-order valence-electron chi connectivity index (χ2n) is 5.03. The first kappa shape index (κ1) is 17.4. The normalized spacial score (nSPS) is 11.6. The van der Waals surface area contributed by atoms with Crippen LogP contribution in [0.25, 0.3) is 0 Å². The van der Waals surface area contributed by atoms with Crippen molar-refractivity contribution >= 4 is 23.0 Å². The summed E-state index contributed by atoms with van der Waals surface area (Å²) in [5.41, 5.74) is 0.385. The number of nitrogens with one attached hydrogen (secondary N) is 2. The largest absolute Gasteiger partial charge is 0.497 e. The van der Waals surface area contributed by atoms with Crippen LogP contribution in [0.4, 0.5) is 23.0 Å². The van der Waals surface area contributed by atoms with Gasteiger partial charge in [0, 0.05) is 24.9 Å². The van der Waals surface area contributed by atoms with Gasteiger partial charge in [-0.15, -0.1) is 0 Å². The van der Waals surface area contributed by atoms with Crippen molar-refractivity contribution in [1.29, 1.82) is 0 Å². The zero-order valence-electron chi connectivity index (χ0n) is 13.6.